The molecular weight excluding hydrogens is 362 g/mol. The van der Waals surface area contributed by atoms with Gasteiger partial charge in [-0.2, -0.15) is 0 Å². The van der Waals surface area contributed by atoms with E-state index in [9.17, 15) is 4.79 Å². The minimum Gasteiger partial charge on any atom is -0.494 e. The van der Waals surface area contributed by atoms with Crippen LogP contribution in [0.25, 0.3) is 6.08 Å². The van der Waals surface area contributed by atoms with Gasteiger partial charge < -0.3 is 15.2 Å². The van der Waals surface area contributed by atoms with Gasteiger partial charge in [-0.25, -0.2) is 0 Å². The predicted molar refractivity (Wildman–Crippen MR) is 117 cm³/mol. The van der Waals surface area contributed by atoms with Gasteiger partial charge in [0.05, 0.1) is 12.5 Å². The van der Waals surface area contributed by atoms with E-state index >= 15 is 0 Å². The summed E-state index contributed by atoms with van der Waals surface area (Å²) in [6.07, 6.45) is 7.51. The quantitative estimate of drug-likeness (QED) is 0.542. The van der Waals surface area contributed by atoms with Gasteiger partial charge in [-0.15, -0.1) is 0 Å². The second kappa shape index (κ2) is 10.8. The summed E-state index contributed by atoms with van der Waals surface area (Å²) in [5.74, 6) is -0.166. The van der Waals surface area contributed by atoms with Crippen LogP contribution in [0.5, 0.6) is 5.75 Å². The summed E-state index contributed by atoms with van der Waals surface area (Å²) in [5, 5.41) is 12.2. The van der Waals surface area contributed by atoms with E-state index in [0.717, 1.165) is 51.0 Å². The maximum absolute atomic E-state index is 10.9. The molecule has 2 aromatic carbocycles. The summed E-state index contributed by atoms with van der Waals surface area (Å²) in [7, 11) is 0. The maximum atomic E-state index is 10.9. The van der Waals surface area contributed by atoms with Crippen molar-refractivity contribution in [3.05, 3.63) is 70.8 Å². The minimum atomic E-state index is -0.756. The van der Waals surface area contributed by atoms with E-state index in [-0.39, 0.29) is 5.92 Å². The van der Waals surface area contributed by atoms with E-state index in [4.69, 9.17) is 9.84 Å². The maximum Gasteiger partial charge on any atom is 0.307 e. The van der Waals surface area contributed by atoms with E-state index in [1.54, 1.807) is 6.92 Å². The van der Waals surface area contributed by atoms with Crippen molar-refractivity contribution >= 4 is 12.0 Å². The van der Waals surface area contributed by atoms with Crippen LogP contribution in [0, 0.1) is 5.92 Å². The molecule has 0 aliphatic heterocycles. The zero-order chi connectivity index (χ0) is 20.5. The first kappa shape index (κ1) is 21.1. The predicted octanol–water partition coefficient (Wildman–Crippen LogP) is 4.73. The zero-order valence-corrected chi connectivity index (χ0v) is 17.2. The Kier molecular flexibility index (Phi) is 7.88. The average molecular weight is 394 g/mol. The second-order valence-electron chi connectivity index (χ2n) is 7.82. The SMILES string of the molecule is CC(CNCC1=Cc2ccc(OCCCCc3ccccc3)cc2CC1)C(=O)O. The summed E-state index contributed by atoms with van der Waals surface area (Å²) >= 11 is 0. The monoisotopic (exact) mass is 393 g/mol. The third-order valence-electron chi connectivity index (χ3n) is 5.39. The summed E-state index contributed by atoms with van der Waals surface area (Å²) in [5.41, 5.74) is 5.28. The van der Waals surface area contributed by atoms with Crippen LogP contribution >= 0.6 is 0 Å². The number of unbranched alkanes of at least 4 members (excludes halogenated alkanes) is 1. The van der Waals surface area contributed by atoms with Crippen molar-refractivity contribution in [3.63, 3.8) is 0 Å². The van der Waals surface area contributed by atoms with Crippen molar-refractivity contribution in [2.75, 3.05) is 19.7 Å². The molecule has 0 heterocycles. The van der Waals surface area contributed by atoms with Gasteiger partial charge in [0.25, 0.3) is 0 Å². The number of ether oxygens (including phenoxy) is 1. The molecule has 0 amide bonds. The molecule has 1 atom stereocenters. The number of benzene rings is 2. The number of carboxylic acid groups (broad SMARTS) is 1. The highest BCUT2D eigenvalue weighted by atomic mass is 16.5. The van der Waals surface area contributed by atoms with Crippen molar-refractivity contribution in [2.45, 2.75) is 39.0 Å². The lowest BCUT2D eigenvalue weighted by Gasteiger charge is -2.18. The highest BCUT2D eigenvalue weighted by Gasteiger charge is 2.13. The van der Waals surface area contributed by atoms with Crippen LogP contribution in [0.4, 0.5) is 0 Å². The van der Waals surface area contributed by atoms with E-state index < -0.39 is 5.97 Å². The molecule has 0 aromatic heterocycles. The van der Waals surface area contributed by atoms with Gasteiger partial charge in [0, 0.05) is 13.1 Å². The number of aliphatic carboxylic acids is 1. The Morgan fingerprint density at radius 1 is 1.14 bits per heavy atom. The number of rotatable bonds is 11. The number of carboxylic acids is 1. The van der Waals surface area contributed by atoms with Gasteiger partial charge in [0.15, 0.2) is 0 Å². The first-order valence-corrected chi connectivity index (χ1v) is 10.5. The fourth-order valence-corrected chi connectivity index (χ4v) is 3.56. The van der Waals surface area contributed by atoms with Crippen LogP contribution < -0.4 is 10.1 Å². The van der Waals surface area contributed by atoms with Crippen LogP contribution in [-0.4, -0.2) is 30.8 Å². The highest BCUT2D eigenvalue weighted by Crippen LogP contribution is 2.27. The zero-order valence-electron chi connectivity index (χ0n) is 17.2. The van der Waals surface area contributed by atoms with Gasteiger partial charge in [-0.3, -0.25) is 4.79 Å². The van der Waals surface area contributed by atoms with Gasteiger partial charge >= 0.3 is 5.97 Å². The molecule has 0 spiro atoms. The molecule has 0 bridgehead atoms. The fraction of sp³-hybridized carbons (Fsp3) is 0.400. The van der Waals surface area contributed by atoms with Gasteiger partial charge in [0.1, 0.15) is 5.75 Å². The first-order valence-electron chi connectivity index (χ1n) is 10.5. The molecule has 0 saturated heterocycles. The third kappa shape index (κ3) is 6.75. The molecule has 154 valence electrons. The van der Waals surface area contributed by atoms with Crippen LogP contribution in [0.2, 0.25) is 0 Å². The van der Waals surface area contributed by atoms with Crippen LogP contribution in [0.1, 0.15) is 42.9 Å². The third-order valence-corrected chi connectivity index (χ3v) is 5.39. The summed E-state index contributed by atoms with van der Waals surface area (Å²) in [6.45, 7) is 3.72. The Morgan fingerprint density at radius 2 is 1.97 bits per heavy atom. The van der Waals surface area contributed by atoms with E-state index in [1.807, 2.05) is 0 Å². The van der Waals surface area contributed by atoms with E-state index in [2.05, 4.69) is 59.9 Å². The molecular formula is C25H31NO3. The minimum absolute atomic E-state index is 0.362. The van der Waals surface area contributed by atoms with Gasteiger partial charge in [-0.1, -0.05) is 55.0 Å². The molecule has 1 unspecified atom stereocenters. The lowest BCUT2D eigenvalue weighted by Crippen LogP contribution is -2.28. The number of hydrogen-bond donors (Lipinski definition) is 2. The number of aryl methyl sites for hydroxylation is 2. The van der Waals surface area contributed by atoms with Crippen LogP contribution in [-0.2, 0) is 17.6 Å². The number of hydrogen-bond acceptors (Lipinski definition) is 3. The topological polar surface area (TPSA) is 58.6 Å². The molecule has 1 aliphatic carbocycles. The molecule has 4 heteroatoms. The number of nitrogens with one attached hydrogen (secondary N) is 1. The van der Waals surface area contributed by atoms with Crippen LogP contribution in [0.3, 0.4) is 0 Å². The first-order chi connectivity index (χ1) is 14.1. The van der Waals surface area contributed by atoms with Crippen molar-refractivity contribution < 1.29 is 14.6 Å². The van der Waals surface area contributed by atoms with Gasteiger partial charge in [0.2, 0.25) is 0 Å². The molecule has 29 heavy (non-hydrogen) atoms. The largest absolute Gasteiger partial charge is 0.494 e. The molecule has 0 fully saturated rings. The fourth-order valence-electron chi connectivity index (χ4n) is 3.56. The second-order valence-corrected chi connectivity index (χ2v) is 7.82. The van der Waals surface area contributed by atoms with Crippen molar-refractivity contribution in [1.82, 2.24) is 5.32 Å². The Balaban J connectivity index is 1.42. The van der Waals surface area contributed by atoms with Crippen LogP contribution in [0.15, 0.2) is 54.1 Å². The Labute approximate surface area is 173 Å². The summed E-state index contributed by atoms with van der Waals surface area (Å²) in [6, 6.07) is 16.9. The van der Waals surface area contributed by atoms with Crippen molar-refractivity contribution in [1.29, 1.82) is 0 Å². The van der Waals surface area contributed by atoms with Gasteiger partial charge in [-0.05, 0) is 60.9 Å². The Hall–Kier alpha value is -2.59. The number of carbonyl (C=O) groups is 1. The molecule has 0 saturated carbocycles. The lowest BCUT2D eigenvalue weighted by molar-refractivity contribution is -0.140. The Morgan fingerprint density at radius 3 is 2.76 bits per heavy atom. The molecule has 1 aliphatic rings. The summed E-state index contributed by atoms with van der Waals surface area (Å²) in [4.78, 5) is 10.9. The molecule has 0 radical (unpaired) electrons. The summed E-state index contributed by atoms with van der Waals surface area (Å²) < 4.78 is 5.96. The van der Waals surface area contributed by atoms with Crippen molar-refractivity contribution in [2.24, 2.45) is 5.92 Å². The standard InChI is InChI=1S/C25H31NO3/c1-19(25(27)28)17-26-18-21-10-11-23-16-24(13-12-22(23)15-21)29-14-6-5-9-20-7-3-2-4-8-20/h2-4,7-8,12-13,15-16,19,26H,5-6,9-11,14,17-18H2,1H3,(H,27,28). The lowest BCUT2D eigenvalue weighted by atomic mass is 9.92. The Bertz CT molecular complexity index is 829. The highest BCUT2D eigenvalue weighted by molar-refractivity contribution is 5.69. The van der Waals surface area contributed by atoms with Crippen molar-refractivity contribution in [3.8, 4) is 5.75 Å². The normalized spacial score (nSPS) is 14.0. The molecule has 2 N–H and O–H groups in total. The average Bonchev–Trinajstić information content (AvgIpc) is 2.74. The smallest absolute Gasteiger partial charge is 0.307 e. The van der Waals surface area contributed by atoms with E-state index in [1.165, 1.54) is 22.3 Å². The number of fused-ring (bicyclic) bond motifs is 1. The van der Waals surface area contributed by atoms with E-state index in [0.29, 0.717) is 6.54 Å². The molecule has 4 nitrogen and oxygen atoms in total. The molecule has 2 aromatic rings. The molecule has 3 rings (SSSR count).